The second-order valence-corrected chi connectivity index (χ2v) is 4.85. The molecule has 2 heterocycles. The quantitative estimate of drug-likeness (QED) is 0.916. The van der Waals surface area contributed by atoms with Crippen LogP contribution >= 0.6 is 0 Å². The third kappa shape index (κ3) is 2.29. The Labute approximate surface area is 114 Å². The van der Waals surface area contributed by atoms with Crippen molar-refractivity contribution in [3.05, 3.63) is 48.1 Å². The molecule has 0 aliphatic carbocycles. The van der Waals surface area contributed by atoms with Crippen LogP contribution in [0.2, 0.25) is 0 Å². The molecule has 1 aromatic heterocycles. The maximum Gasteiger partial charge on any atom is 0.228 e. The van der Waals surface area contributed by atoms with Crippen molar-refractivity contribution in [3.63, 3.8) is 0 Å². The van der Waals surface area contributed by atoms with Gasteiger partial charge in [0.25, 0.3) is 0 Å². The van der Waals surface area contributed by atoms with E-state index in [2.05, 4.69) is 10.3 Å². The Morgan fingerprint density at radius 1 is 1.35 bits per heavy atom. The van der Waals surface area contributed by atoms with Crippen LogP contribution in [0, 0.1) is 17.6 Å². The summed E-state index contributed by atoms with van der Waals surface area (Å²) in [5, 5.41) is 2.35. The lowest BCUT2D eigenvalue weighted by atomic mass is 9.95. The van der Waals surface area contributed by atoms with Gasteiger partial charge in [-0.25, -0.2) is 13.8 Å². The summed E-state index contributed by atoms with van der Waals surface area (Å²) in [6.45, 7) is 0.688. The van der Waals surface area contributed by atoms with Crippen molar-refractivity contribution in [1.29, 1.82) is 0 Å². The number of amides is 1. The minimum absolute atomic E-state index is 0.293. The molecular weight excluding hydrogens is 264 g/mol. The van der Waals surface area contributed by atoms with Crippen molar-refractivity contribution in [1.82, 2.24) is 9.55 Å². The molecule has 1 aromatic carbocycles. The number of benzene rings is 1. The summed E-state index contributed by atoms with van der Waals surface area (Å²) in [7, 11) is 0. The minimum Gasteiger partial charge on any atom is -0.335 e. The van der Waals surface area contributed by atoms with Crippen molar-refractivity contribution in [2.75, 3.05) is 5.32 Å². The second kappa shape index (κ2) is 5.03. The molecule has 1 amide bonds. The van der Waals surface area contributed by atoms with Gasteiger partial charge in [-0.2, -0.15) is 0 Å². The van der Waals surface area contributed by atoms with Crippen molar-refractivity contribution in [3.8, 4) is 0 Å². The smallest absolute Gasteiger partial charge is 0.228 e. The van der Waals surface area contributed by atoms with Crippen LogP contribution < -0.4 is 5.32 Å². The highest BCUT2D eigenvalue weighted by Gasteiger charge is 2.26. The molecular formula is C14H13F2N3O. The van der Waals surface area contributed by atoms with E-state index in [4.69, 9.17) is 0 Å². The highest BCUT2D eigenvalue weighted by atomic mass is 19.1. The van der Waals surface area contributed by atoms with Gasteiger partial charge >= 0.3 is 0 Å². The summed E-state index contributed by atoms with van der Waals surface area (Å²) < 4.78 is 29.0. The number of fused-ring (bicyclic) bond motifs is 1. The number of aryl methyl sites for hydroxylation is 1. The van der Waals surface area contributed by atoms with Crippen molar-refractivity contribution >= 4 is 11.6 Å². The number of rotatable bonds is 2. The number of hydrogen-bond donors (Lipinski definition) is 1. The van der Waals surface area contributed by atoms with Crippen LogP contribution in [0.15, 0.2) is 30.7 Å². The Kier molecular flexibility index (Phi) is 3.22. The summed E-state index contributed by atoms with van der Waals surface area (Å²) in [5.74, 6) is -2.18. The SMILES string of the molecule is O=C(Nc1c(F)cccc1F)C1CCn2cncc2C1. The third-order valence-corrected chi connectivity index (χ3v) is 3.55. The second-order valence-electron chi connectivity index (χ2n) is 4.85. The number of anilines is 1. The average molecular weight is 277 g/mol. The molecule has 0 bridgehead atoms. The van der Waals surface area contributed by atoms with Crippen molar-refractivity contribution < 1.29 is 13.6 Å². The van der Waals surface area contributed by atoms with Gasteiger partial charge in [-0.15, -0.1) is 0 Å². The number of hydrogen-bond acceptors (Lipinski definition) is 2. The van der Waals surface area contributed by atoms with E-state index in [9.17, 15) is 13.6 Å². The Morgan fingerprint density at radius 3 is 2.85 bits per heavy atom. The Morgan fingerprint density at radius 2 is 2.10 bits per heavy atom. The van der Waals surface area contributed by atoms with E-state index < -0.39 is 11.6 Å². The van der Waals surface area contributed by atoms with Crippen LogP contribution in [0.5, 0.6) is 0 Å². The van der Waals surface area contributed by atoms with Gasteiger partial charge in [0.05, 0.1) is 6.33 Å². The highest BCUT2D eigenvalue weighted by molar-refractivity contribution is 5.93. The number of carbonyl (C=O) groups is 1. The molecule has 1 atom stereocenters. The number of carbonyl (C=O) groups excluding carboxylic acids is 1. The van der Waals surface area contributed by atoms with Gasteiger partial charge in [-0.1, -0.05) is 6.07 Å². The fourth-order valence-electron chi connectivity index (χ4n) is 2.44. The first kappa shape index (κ1) is 12.8. The number of nitrogens with one attached hydrogen (secondary N) is 1. The van der Waals surface area contributed by atoms with Crippen molar-refractivity contribution in [2.45, 2.75) is 19.4 Å². The average Bonchev–Trinajstić information content (AvgIpc) is 2.90. The molecule has 0 saturated heterocycles. The monoisotopic (exact) mass is 277 g/mol. The van der Waals surface area contributed by atoms with Gasteiger partial charge in [-0.3, -0.25) is 4.79 Å². The van der Waals surface area contributed by atoms with E-state index >= 15 is 0 Å². The topological polar surface area (TPSA) is 46.9 Å². The summed E-state index contributed by atoms with van der Waals surface area (Å²) >= 11 is 0. The van der Waals surface area contributed by atoms with Gasteiger partial charge in [0.1, 0.15) is 17.3 Å². The minimum atomic E-state index is -0.765. The lowest BCUT2D eigenvalue weighted by molar-refractivity contribution is -0.120. The summed E-state index contributed by atoms with van der Waals surface area (Å²) in [4.78, 5) is 16.2. The Bertz CT molecular complexity index is 633. The predicted molar refractivity (Wildman–Crippen MR) is 69.0 cm³/mol. The van der Waals surface area contributed by atoms with E-state index in [-0.39, 0.29) is 17.5 Å². The largest absolute Gasteiger partial charge is 0.335 e. The Hall–Kier alpha value is -2.24. The van der Waals surface area contributed by atoms with Crippen LogP contribution in [-0.2, 0) is 17.8 Å². The van der Waals surface area contributed by atoms with Crippen LogP contribution in [0.3, 0.4) is 0 Å². The first-order chi connectivity index (χ1) is 9.65. The molecule has 0 radical (unpaired) electrons. The van der Waals surface area contributed by atoms with Crippen molar-refractivity contribution in [2.24, 2.45) is 5.92 Å². The molecule has 1 N–H and O–H groups in total. The molecule has 4 nitrogen and oxygen atoms in total. The molecule has 1 aliphatic rings. The molecule has 0 fully saturated rings. The molecule has 104 valence electrons. The fourth-order valence-corrected chi connectivity index (χ4v) is 2.44. The van der Waals surface area contributed by atoms with E-state index in [0.29, 0.717) is 19.4 Å². The van der Waals surface area contributed by atoms with Gasteiger partial charge < -0.3 is 9.88 Å². The number of imidazole rings is 1. The first-order valence-electron chi connectivity index (χ1n) is 6.39. The number of halogens is 2. The van der Waals surface area contributed by atoms with E-state index in [1.807, 2.05) is 4.57 Å². The summed E-state index contributed by atoms with van der Waals surface area (Å²) in [5.41, 5.74) is 0.585. The fraction of sp³-hybridized carbons (Fsp3) is 0.286. The van der Waals surface area contributed by atoms with Crippen LogP contribution in [0.4, 0.5) is 14.5 Å². The van der Waals surface area contributed by atoms with E-state index in [0.717, 1.165) is 17.8 Å². The molecule has 3 rings (SSSR count). The number of para-hydroxylation sites is 1. The summed E-state index contributed by atoms with van der Waals surface area (Å²) in [6, 6.07) is 3.50. The molecule has 1 aliphatic heterocycles. The zero-order valence-corrected chi connectivity index (χ0v) is 10.6. The molecule has 2 aromatic rings. The molecule has 0 spiro atoms. The van der Waals surface area contributed by atoms with Crippen LogP contribution in [0.25, 0.3) is 0 Å². The lowest BCUT2D eigenvalue weighted by Crippen LogP contribution is -2.30. The zero-order chi connectivity index (χ0) is 14.1. The van der Waals surface area contributed by atoms with Gasteiger partial charge in [0.2, 0.25) is 5.91 Å². The van der Waals surface area contributed by atoms with E-state index in [1.165, 1.54) is 6.07 Å². The van der Waals surface area contributed by atoms with Gasteiger partial charge in [0.15, 0.2) is 0 Å². The third-order valence-electron chi connectivity index (χ3n) is 3.55. The number of aromatic nitrogens is 2. The maximum absolute atomic E-state index is 13.5. The van der Waals surface area contributed by atoms with Crippen LogP contribution in [-0.4, -0.2) is 15.5 Å². The molecule has 1 unspecified atom stereocenters. The first-order valence-corrected chi connectivity index (χ1v) is 6.39. The Balaban J connectivity index is 1.75. The van der Waals surface area contributed by atoms with E-state index in [1.54, 1.807) is 12.5 Å². The molecule has 0 saturated carbocycles. The lowest BCUT2D eigenvalue weighted by Gasteiger charge is -2.23. The van der Waals surface area contributed by atoms with Gasteiger partial charge in [0, 0.05) is 30.8 Å². The number of nitrogens with zero attached hydrogens (tertiary/aromatic N) is 2. The zero-order valence-electron chi connectivity index (χ0n) is 10.6. The summed E-state index contributed by atoms with van der Waals surface area (Å²) in [6.07, 6.45) is 4.59. The standard InChI is InChI=1S/C14H13F2N3O/c15-11-2-1-3-12(16)13(11)18-14(20)9-4-5-19-8-17-7-10(19)6-9/h1-3,7-9H,4-6H2,(H,18,20). The highest BCUT2D eigenvalue weighted by Crippen LogP contribution is 2.23. The normalized spacial score (nSPS) is 17.6. The predicted octanol–water partition coefficient (Wildman–Crippen LogP) is 2.36. The van der Waals surface area contributed by atoms with Crippen LogP contribution in [0.1, 0.15) is 12.1 Å². The molecule has 6 heteroatoms. The van der Waals surface area contributed by atoms with Gasteiger partial charge in [-0.05, 0) is 18.6 Å². The molecule has 20 heavy (non-hydrogen) atoms. The maximum atomic E-state index is 13.5.